The molecule has 0 spiro atoms. The molecule has 3 atom stereocenters. The van der Waals surface area contributed by atoms with Crippen LogP contribution in [0.4, 0.5) is 0 Å². The fourth-order valence-corrected chi connectivity index (χ4v) is 4.78. The second kappa shape index (κ2) is 12.8. The van der Waals surface area contributed by atoms with E-state index in [1.807, 2.05) is 25.3 Å². The van der Waals surface area contributed by atoms with Crippen LogP contribution in [0.15, 0.2) is 23.6 Å². The zero-order chi connectivity index (χ0) is 27.1. The van der Waals surface area contributed by atoms with Gasteiger partial charge in [-0.1, -0.05) is 6.07 Å². The highest BCUT2D eigenvalue weighted by atomic mass is 32.1. The van der Waals surface area contributed by atoms with Crippen LogP contribution >= 0.6 is 11.3 Å². The number of aromatic nitrogens is 1. The highest BCUT2D eigenvalue weighted by Crippen LogP contribution is 2.14. The number of fused-ring (bicyclic) bond motifs is 2. The average molecular weight is 530 g/mol. The summed E-state index contributed by atoms with van der Waals surface area (Å²) in [6.45, 7) is 7.25. The first-order valence-corrected chi connectivity index (χ1v) is 13.3. The van der Waals surface area contributed by atoms with E-state index in [2.05, 4.69) is 20.9 Å². The first-order chi connectivity index (χ1) is 17.5. The van der Waals surface area contributed by atoms with Crippen molar-refractivity contribution in [3.05, 3.63) is 51.0 Å². The average Bonchev–Trinajstić information content (AvgIpc) is 3.24. The van der Waals surface area contributed by atoms with Crippen molar-refractivity contribution >= 4 is 35.0 Å². The topological polar surface area (TPSA) is 141 Å². The van der Waals surface area contributed by atoms with Gasteiger partial charge in [0, 0.05) is 30.1 Å². The van der Waals surface area contributed by atoms with Gasteiger partial charge in [0.1, 0.15) is 6.04 Å². The molecule has 0 fully saturated rings. The lowest BCUT2D eigenvalue weighted by molar-refractivity contribution is -0.136. The molecule has 1 aliphatic rings. The molecule has 0 aliphatic carbocycles. The van der Waals surface area contributed by atoms with Gasteiger partial charge < -0.3 is 26.0 Å². The standard InChI is InChI=1S/C26H35N5O5S/c1-15-7-8-20-10-19(15)6-5-9-27-22(33)13-31(23(34)11-21-14-37-18(4)29-21)12-16(2)28-26(36)24(17(3)32)30-25(20)35/h7-8,10,14,16-17,24,32H,5-6,9,11-13H2,1-4H3,(H,27,33)(H,28,36)(H,30,35)/t16-,17-,24+/m1/s1. The normalized spacial score (nSPS) is 20.9. The van der Waals surface area contributed by atoms with E-state index in [1.165, 1.54) is 23.2 Å². The molecular weight excluding hydrogens is 494 g/mol. The predicted molar refractivity (Wildman–Crippen MR) is 140 cm³/mol. The number of benzene rings is 1. The largest absolute Gasteiger partial charge is 0.391 e. The lowest BCUT2D eigenvalue weighted by Crippen LogP contribution is -2.56. The van der Waals surface area contributed by atoms with Crippen LogP contribution in [0.25, 0.3) is 0 Å². The van der Waals surface area contributed by atoms with E-state index in [0.29, 0.717) is 30.6 Å². The van der Waals surface area contributed by atoms with E-state index >= 15 is 0 Å². The van der Waals surface area contributed by atoms with E-state index in [4.69, 9.17) is 0 Å². The number of nitrogens with one attached hydrogen (secondary N) is 3. The number of thiazole rings is 1. The molecule has 0 radical (unpaired) electrons. The molecule has 0 saturated heterocycles. The molecule has 37 heavy (non-hydrogen) atoms. The van der Waals surface area contributed by atoms with Crippen LogP contribution in [0.1, 0.15) is 52.5 Å². The van der Waals surface area contributed by atoms with Gasteiger partial charge in [0.2, 0.25) is 17.7 Å². The van der Waals surface area contributed by atoms with Crippen LogP contribution in [-0.4, -0.2) is 76.4 Å². The number of aliphatic hydroxyl groups excluding tert-OH is 1. The lowest BCUT2D eigenvalue weighted by atomic mass is 10.00. The molecule has 2 bridgehead atoms. The molecule has 4 N–H and O–H groups in total. The molecule has 1 aromatic heterocycles. The van der Waals surface area contributed by atoms with Crippen molar-refractivity contribution in [2.24, 2.45) is 0 Å². The maximum Gasteiger partial charge on any atom is 0.252 e. The summed E-state index contributed by atoms with van der Waals surface area (Å²) in [4.78, 5) is 57.5. The fourth-order valence-electron chi connectivity index (χ4n) is 4.17. The molecule has 4 amide bonds. The molecule has 0 saturated carbocycles. The van der Waals surface area contributed by atoms with E-state index in [-0.39, 0.29) is 31.3 Å². The second-order valence-corrected chi connectivity index (χ2v) is 10.6. The Hall–Kier alpha value is -3.31. The molecule has 10 nitrogen and oxygen atoms in total. The highest BCUT2D eigenvalue weighted by Gasteiger charge is 2.29. The molecule has 1 aliphatic heterocycles. The molecule has 11 heteroatoms. The van der Waals surface area contributed by atoms with Crippen molar-refractivity contribution in [1.82, 2.24) is 25.8 Å². The summed E-state index contributed by atoms with van der Waals surface area (Å²) in [6.07, 6.45) is 0.173. The zero-order valence-corrected chi connectivity index (χ0v) is 22.5. The van der Waals surface area contributed by atoms with Gasteiger partial charge in [0.15, 0.2) is 0 Å². The van der Waals surface area contributed by atoms with Crippen molar-refractivity contribution in [1.29, 1.82) is 0 Å². The molecule has 2 heterocycles. The van der Waals surface area contributed by atoms with E-state index in [0.717, 1.165) is 16.1 Å². The van der Waals surface area contributed by atoms with Crippen LogP contribution in [0.2, 0.25) is 0 Å². The maximum atomic E-state index is 13.1. The van der Waals surface area contributed by atoms with Gasteiger partial charge in [0.25, 0.3) is 5.91 Å². The van der Waals surface area contributed by atoms with Gasteiger partial charge in [0.05, 0.1) is 29.8 Å². The number of hydrogen-bond acceptors (Lipinski definition) is 7. The quantitative estimate of drug-likeness (QED) is 0.465. The molecule has 200 valence electrons. The Bertz CT molecular complexity index is 1150. The molecule has 1 aromatic carbocycles. The Balaban J connectivity index is 1.83. The minimum absolute atomic E-state index is 0.0412. The summed E-state index contributed by atoms with van der Waals surface area (Å²) >= 11 is 1.44. The van der Waals surface area contributed by atoms with Crippen molar-refractivity contribution in [2.75, 3.05) is 19.6 Å². The Kier molecular flexibility index (Phi) is 9.76. The number of rotatable bonds is 3. The number of carbonyl (C=O) groups excluding carboxylic acids is 4. The highest BCUT2D eigenvalue weighted by molar-refractivity contribution is 7.09. The summed E-state index contributed by atoms with van der Waals surface area (Å²) in [7, 11) is 0. The summed E-state index contributed by atoms with van der Waals surface area (Å²) in [6, 6.07) is 3.54. The first-order valence-electron chi connectivity index (χ1n) is 12.4. The molecular formula is C26H35N5O5S. The van der Waals surface area contributed by atoms with Crippen molar-refractivity contribution < 1.29 is 24.3 Å². The Morgan fingerprint density at radius 2 is 2.00 bits per heavy atom. The van der Waals surface area contributed by atoms with Crippen LogP contribution in [0.5, 0.6) is 0 Å². The van der Waals surface area contributed by atoms with Gasteiger partial charge in [-0.15, -0.1) is 11.3 Å². The number of aryl methyl sites for hydroxylation is 3. The molecule has 0 unspecified atom stereocenters. The summed E-state index contributed by atoms with van der Waals surface area (Å²) in [5.74, 6) is -1.64. The lowest BCUT2D eigenvalue weighted by Gasteiger charge is -2.28. The Morgan fingerprint density at radius 3 is 2.68 bits per heavy atom. The van der Waals surface area contributed by atoms with Crippen LogP contribution < -0.4 is 16.0 Å². The van der Waals surface area contributed by atoms with Gasteiger partial charge in [-0.3, -0.25) is 19.2 Å². The van der Waals surface area contributed by atoms with Crippen molar-refractivity contribution in [2.45, 2.75) is 65.1 Å². The minimum Gasteiger partial charge on any atom is -0.391 e. The third-order valence-electron chi connectivity index (χ3n) is 6.18. The van der Waals surface area contributed by atoms with Crippen molar-refractivity contribution in [3.63, 3.8) is 0 Å². The summed E-state index contributed by atoms with van der Waals surface area (Å²) in [5, 5.41) is 21.1. The van der Waals surface area contributed by atoms with Gasteiger partial charge in [-0.2, -0.15) is 0 Å². The monoisotopic (exact) mass is 529 g/mol. The van der Waals surface area contributed by atoms with Crippen LogP contribution in [0, 0.1) is 13.8 Å². The zero-order valence-electron chi connectivity index (χ0n) is 21.7. The van der Waals surface area contributed by atoms with E-state index in [9.17, 15) is 24.3 Å². The smallest absolute Gasteiger partial charge is 0.252 e. The molecule has 3 rings (SSSR count). The maximum absolute atomic E-state index is 13.1. The van der Waals surface area contributed by atoms with Gasteiger partial charge in [-0.05, 0) is 63.8 Å². The first kappa shape index (κ1) is 28.3. The SMILES string of the molecule is Cc1nc(CC(=O)N2CC(=O)NCCCc3cc(ccc3C)C(=O)N[C@@H]([C@@H](C)O)C(=O)N[C@H](C)C2)cs1. The van der Waals surface area contributed by atoms with Gasteiger partial charge in [-0.25, -0.2) is 4.98 Å². The summed E-state index contributed by atoms with van der Waals surface area (Å²) in [5.41, 5.74) is 2.97. The van der Waals surface area contributed by atoms with Crippen LogP contribution in [-0.2, 0) is 27.2 Å². The predicted octanol–water partition coefficient (Wildman–Crippen LogP) is 0.878. The summed E-state index contributed by atoms with van der Waals surface area (Å²) < 4.78 is 0. The number of aliphatic hydroxyl groups is 1. The Labute approximate surface area is 220 Å². The third-order valence-corrected chi connectivity index (χ3v) is 7.00. The second-order valence-electron chi connectivity index (χ2n) is 9.51. The van der Waals surface area contributed by atoms with Gasteiger partial charge >= 0.3 is 0 Å². The van der Waals surface area contributed by atoms with E-state index < -0.39 is 30.0 Å². The Morgan fingerprint density at radius 1 is 1.24 bits per heavy atom. The number of carbonyl (C=O) groups is 4. The number of nitrogens with zero attached hydrogens (tertiary/aromatic N) is 2. The fraction of sp³-hybridized carbons (Fsp3) is 0.500. The van der Waals surface area contributed by atoms with Crippen molar-refractivity contribution in [3.8, 4) is 0 Å². The van der Waals surface area contributed by atoms with E-state index in [1.54, 1.807) is 19.1 Å². The minimum atomic E-state index is -1.19. The number of amides is 4. The molecule has 2 aromatic rings. The van der Waals surface area contributed by atoms with Crippen LogP contribution in [0.3, 0.4) is 0 Å². The number of hydrogen-bond donors (Lipinski definition) is 4. The third kappa shape index (κ3) is 8.09.